The molecule has 0 radical (unpaired) electrons. The molecule has 0 spiro atoms. The van der Waals surface area contributed by atoms with Crippen molar-refractivity contribution in [2.24, 2.45) is 0 Å². The van der Waals surface area contributed by atoms with Crippen molar-refractivity contribution < 1.29 is 4.42 Å². The second-order valence-corrected chi connectivity index (χ2v) is 4.75. The molecule has 2 aromatic heterocycles. The van der Waals surface area contributed by atoms with Crippen LogP contribution in [0.2, 0.25) is 10.0 Å². The fourth-order valence-electron chi connectivity index (χ4n) is 1.47. The van der Waals surface area contributed by atoms with Crippen molar-refractivity contribution in [3.63, 3.8) is 0 Å². The van der Waals surface area contributed by atoms with Crippen LogP contribution in [0, 0.1) is 0 Å². The lowest BCUT2D eigenvalue weighted by atomic mass is 10.2. The molecule has 0 saturated heterocycles. The van der Waals surface area contributed by atoms with E-state index >= 15 is 0 Å². The van der Waals surface area contributed by atoms with Crippen LogP contribution in [0.4, 0.5) is 0 Å². The summed E-state index contributed by atoms with van der Waals surface area (Å²) in [7, 11) is 0. The van der Waals surface area contributed by atoms with Gasteiger partial charge in [-0.2, -0.15) is 5.10 Å². The quantitative estimate of drug-likeness (QED) is 0.847. The molecule has 2 heterocycles. The predicted molar refractivity (Wildman–Crippen MR) is 70.5 cm³/mol. The van der Waals surface area contributed by atoms with Gasteiger partial charge in [-0.25, -0.2) is 4.68 Å². The molecule has 0 aliphatic carbocycles. The highest BCUT2D eigenvalue weighted by molar-refractivity contribution is 6.41. The average Bonchev–Trinajstić information content (AvgIpc) is 2.85. The van der Waals surface area contributed by atoms with Crippen molar-refractivity contribution in [1.29, 1.82) is 0 Å². The Hall–Kier alpha value is -1.40. The number of hydrogen-bond donors (Lipinski definition) is 0. The first-order chi connectivity index (χ1) is 9.11. The zero-order valence-corrected chi connectivity index (χ0v) is 11.8. The Balaban J connectivity index is 2.15. The van der Waals surface area contributed by atoms with E-state index < -0.39 is 5.56 Å². The van der Waals surface area contributed by atoms with Crippen LogP contribution in [-0.4, -0.2) is 20.0 Å². The fourth-order valence-corrected chi connectivity index (χ4v) is 1.74. The average molecular weight is 303 g/mol. The van der Waals surface area contributed by atoms with Gasteiger partial charge in [-0.05, 0) is 6.42 Å². The molecule has 0 aromatic carbocycles. The first kappa shape index (κ1) is 14.0. The first-order valence-corrected chi connectivity index (χ1v) is 6.59. The maximum absolute atomic E-state index is 11.8. The Morgan fingerprint density at radius 1 is 1.32 bits per heavy atom. The molecular formula is C11H12Cl2N4O2. The van der Waals surface area contributed by atoms with Gasteiger partial charge in [-0.15, -0.1) is 10.2 Å². The Labute approximate surface area is 119 Å². The minimum Gasteiger partial charge on any atom is -0.423 e. The number of unbranched alkanes of at least 4 members (excludes halogenated alkanes) is 1. The molecule has 2 aromatic rings. The normalized spacial score (nSPS) is 10.9. The smallest absolute Gasteiger partial charge is 0.287 e. The third-order valence-corrected chi connectivity index (χ3v) is 3.23. The maximum Gasteiger partial charge on any atom is 0.287 e. The van der Waals surface area contributed by atoms with Gasteiger partial charge in [0.05, 0.1) is 11.2 Å². The lowest BCUT2D eigenvalue weighted by Crippen LogP contribution is -2.23. The molecule has 0 unspecified atom stereocenters. The van der Waals surface area contributed by atoms with Crippen LogP contribution in [-0.2, 0) is 13.0 Å². The Kier molecular flexibility index (Phi) is 4.55. The van der Waals surface area contributed by atoms with Gasteiger partial charge < -0.3 is 4.42 Å². The summed E-state index contributed by atoms with van der Waals surface area (Å²) in [5, 5.41) is 11.7. The summed E-state index contributed by atoms with van der Waals surface area (Å²) in [5.41, 5.74) is -0.484. The van der Waals surface area contributed by atoms with Crippen molar-refractivity contribution in [2.45, 2.75) is 32.7 Å². The molecule has 0 aliphatic rings. The van der Waals surface area contributed by atoms with Crippen molar-refractivity contribution in [2.75, 3.05) is 0 Å². The highest BCUT2D eigenvalue weighted by Crippen LogP contribution is 2.15. The highest BCUT2D eigenvalue weighted by Gasteiger charge is 2.11. The van der Waals surface area contributed by atoms with Gasteiger partial charge in [-0.1, -0.05) is 36.5 Å². The van der Waals surface area contributed by atoms with E-state index in [0.29, 0.717) is 11.8 Å². The SMILES string of the molecule is CCCCc1nnc(Cn2ncc(Cl)c(Cl)c2=O)o1. The Bertz CT molecular complexity index is 623. The van der Waals surface area contributed by atoms with Crippen molar-refractivity contribution in [3.8, 4) is 0 Å². The predicted octanol–water partition coefficient (Wildman–Crippen LogP) is 2.32. The maximum atomic E-state index is 11.8. The van der Waals surface area contributed by atoms with Gasteiger partial charge in [0.25, 0.3) is 5.56 Å². The second-order valence-electron chi connectivity index (χ2n) is 3.96. The third kappa shape index (κ3) is 3.33. The van der Waals surface area contributed by atoms with E-state index in [-0.39, 0.29) is 16.6 Å². The van der Waals surface area contributed by atoms with Crippen LogP contribution in [0.1, 0.15) is 31.5 Å². The zero-order chi connectivity index (χ0) is 13.8. The molecule has 0 aliphatic heterocycles. The molecule has 102 valence electrons. The molecule has 0 saturated carbocycles. The molecule has 0 fully saturated rings. The fraction of sp³-hybridized carbons (Fsp3) is 0.455. The number of hydrogen-bond acceptors (Lipinski definition) is 5. The highest BCUT2D eigenvalue weighted by atomic mass is 35.5. The van der Waals surface area contributed by atoms with Gasteiger partial charge in [0.2, 0.25) is 11.8 Å². The molecule has 19 heavy (non-hydrogen) atoms. The van der Waals surface area contributed by atoms with E-state index in [1.807, 2.05) is 0 Å². The first-order valence-electron chi connectivity index (χ1n) is 5.84. The van der Waals surface area contributed by atoms with E-state index in [1.54, 1.807) is 0 Å². The van der Waals surface area contributed by atoms with Crippen LogP contribution in [0.5, 0.6) is 0 Å². The topological polar surface area (TPSA) is 73.8 Å². The van der Waals surface area contributed by atoms with Gasteiger partial charge in [0.15, 0.2) is 0 Å². The van der Waals surface area contributed by atoms with Gasteiger partial charge in [-0.3, -0.25) is 4.79 Å². The summed E-state index contributed by atoms with van der Waals surface area (Å²) in [6.07, 6.45) is 4.06. The van der Waals surface area contributed by atoms with Crippen molar-refractivity contribution in [1.82, 2.24) is 20.0 Å². The van der Waals surface area contributed by atoms with Crippen molar-refractivity contribution >= 4 is 23.2 Å². The lowest BCUT2D eigenvalue weighted by Gasteiger charge is -2.01. The van der Waals surface area contributed by atoms with E-state index in [2.05, 4.69) is 22.2 Å². The van der Waals surface area contributed by atoms with Crippen LogP contribution >= 0.6 is 23.2 Å². The van der Waals surface area contributed by atoms with Crippen LogP contribution in [0.25, 0.3) is 0 Å². The number of nitrogens with zero attached hydrogens (tertiary/aromatic N) is 4. The Morgan fingerprint density at radius 2 is 2.05 bits per heavy atom. The van der Waals surface area contributed by atoms with Gasteiger partial charge in [0, 0.05) is 6.42 Å². The third-order valence-electron chi connectivity index (χ3n) is 2.48. The van der Waals surface area contributed by atoms with Crippen LogP contribution in [0.15, 0.2) is 15.4 Å². The van der Waals surface area contributed by atoms with E-state index in [0.717, 1.165) is 23.9 Å². The summed E-state index contributed by atoms with van der Waals surface area (Å²) in [5.74, 6) is 0.879. The van der Waals surface area contributed by atoms with E-state index in [1.165, 1.54) is 6.20 Å². The van der Waals surface area contributed by atoms with Crippen LogP contribution in [0.3, 0.4) is 0 Å². The molecule has 0 bridgehead atoms. The molecular weight excluding hydrogens is 291 g/mol. The molecule has 0 N–H and O–H groups in total. The summed E-state index contributed by atoms with van der Waals surface area (Å²) in [6.45, 7) is 2.16. The Morgan fingerprint density at radius 3 is 2.79 bits per heavy atom. The standard InChI is InChI=1S/C11H12Cl2N4O2/c1-2-3-4-8-15-16-9(19-8)6-17-11(18)10(13)7(12)5-14-17/h5H,2-4,6H2,1H3. The summed E-state index contributed by atoms with van der Waals surface area (Å²) >= 11 is 11.4. The molecule has 0 atom stereocenters. The summed E-state index contributed by atoms with van der Waals surface area (Å²) in [4.78, 5) is 11.8. The summed E-state index contributed by atoms with van der Waals surface area (Å²) < 4.78 is 6.55. The molecule has 6 nitrogen and oxygen atoms in total. The van der Waals surface area contributed by atoms with Gasteiger partial charge >= 0.3 is 0 Å². The van der Waals surface area contributed by atoms with Gasteiger partial charge in [0.1, 0.15) is 11.6 Å². The summed E-state index contributed by atoms with van der Waals surface area (Å²) in [6, 6.07) is 0. The number of rotatable bonds is 5. The number of halogens is 2. The lowest BCUT2D eigenvalue weighted by molar-refractivity contribution is 0.420. The van der Waals surface area contributed by atoms with E-state index in [9.17, 15) is 4.79 Å². The largest absolute Gasteiger partial charge is 0.423 e. The van der Waals surface area contributed by atoms with Crippen LogP contribution < -0.4 is 5.56 Å². The minimum absolute atomic E-state index is 0.0672. The number of aromatic nitrogens is 4. The molecule has 8 heteroatoms. The van der Waals surface area contributed by atoms with Crippen molar-refractivity contribution in [3.05, 3.63) is 38.4 Å². The molecule has 0 amide bonds. The van der Waals surface area contributed by atoms with E-state index in [4.69, 9.17) is 27.6 Å². The number of aryl methyl sites for hydroxylation is 1. The molecule has 2 rings (SSSR count). The second kappa shape index (κ2) is 6.16. The zero-order valence-electron chi connectivity index (χ0n) is 10.3. The minimum atomic E-state index is -0.484. The monoisotopic (exact) mass is 302 g/mol.